The number of hydrogen-bond donors (Lipinski definition) is 1. The molecule has 1 fully saturated rings. The Balaban J connectivity index is 2.25. The van der Waals surface area contributed by atoms with Crippen LogP contribution in [0.1, 0.15) is 37.6 Å². The van der Waals surface area contributed by atoms with Crippen LogP contribution in [0.15, 0.2) is 6.20 Å². The van der Waals surface area contributed by atoms with E-state index in [-0.39, 0.29) is 11.9 Å². The van der Waals surface area contributed by atoms with Gasteiger partial charge >= 0.3 is 0 Å². The highest BCUT2D eigenvalue weighted by atomic mass is 16.2. The minimum atomic E-state index is 0.00602. The van der Waals surface area contributed by atoms with Gasteiger partial charge in [-0.05, 0) is 25.2 Å². The molecule has 100 valence electrons. The van der Waals surface area contributed by atoms with Gasteiger partial charge in [-0.3, -0.25) is 9.48 Å². The molecule has 1 saturated heterocycles. The van der Waals surface area contributed by atoms with E-state index in [9.17, 15) is 4.79 Å². The predicted octanol–water partition coefficient (Wildman–Crippen LogP) is 1.51. The minimum Gasteiger partial charge on any atom is -0.383 e. The highest BCUT2D eigenvalue weighted by Crippen LogP contribution is 2.28. The van der Waals surface area contributed by atoms with Crippen LogP contribution in [-0.4, -0.2) is 33.2 Å². The number of nitrogen functional groups attached to an aromatic ring is 1. The summed E-state index contributed by atoms with van der Waals surface area (Å²) in [4.78, 5) is 14.5. The average molecular weight is 250 g/mol. The molecule has 1 aromatic heterocycles. The number of amides is 1. The molecule has 3 atom stereocenters. The van der Waals surface area contributed by atoms with Crippen molar-refractivity contribution in [2.75, 3.05) is 12.3 Å². The van der Waals surface area contributed by atoms with Crippen LogP contribution >= 0.6 is 0 Å². The van der Waals surface area contributed by atoms with Crippen LogP contribution in [0.3, 0.4) is 0 Å². The van der Waals surface area contributed by atoms with E-state index in [4.69, 9.17) is 5.73 Å². The number of aryl methyl sites for hydroxylation is 1. The van der Waals surface area contributed by atoms with Crippen LogP contribution in [-0.2, 0) is 7.05 Å². The first-order chi connectivity index (χ1) is 8.41. The monoisotopic (exact) mass is 250 g/mol. The zero-order chi connectivity index (χ0) is 13.4. The van der Waals surface area contributed by atoms with E-state index in [0.717, 1.165) is 6.54 Å². The van der Waals surface area contributed by atoms with Crippen molar-refractivity contribution in [3.8, 4) is 0 Å². The predicted molar refractivity (Wildman–Crippen MR) is 71.1 cm³/mol. The number of carbonyl (C=O) groups is 1. The van der Waals surface area contributed by atoms with Crippen molar-refractivity contribution in [3.05, 3.63) is 11.8 Å². The maximum atomic E-state index is 12.5. The summed E-state index contributed by atoms with van der Waals surface area (Å²) in [6.07, 6.45) is 2.74. The molecule has 1 aromatic rings. The van der Waals surface area contributed by atoms with Crippen molar-refractivity contribution in [2.45, 2.75) is 33.2 Å². The molecule has 0 radical (unpaired) electrons. The lowest BCUT2D eigenvalue weighted by atomic mass is 9.85. The summed E-state index contributed by atoms with van der Waals surface area (Å²) in [6, 6.07) is 0.258. The lowest BCUT2D eigenvalue weighted by Crippen LogP contribution is -2.48. The van der Waals surface area contributed by atoms with Crippen LogP contribution in [0, 0.1) is 11.8 Å². The largest absolute Gasteiger partial charge is 0.383 e. The summed E-state index contributed by atoms with van der Waals surface area (Å²) in [5, 5.41) is 4.04. The number of hydrogen-bond acceptors (Lipinski definition) is 3. The number of aromatic nitrogens is 2. The van der Waals surface area contributed by atoms with Crippen LogP contribution in [0.4, 0.5) is 5.82 Å². The van der Waals surface area contributed by atoms with Crippen LogP contribution in [0.25, 0.3) is 0 Å². The molecule has 2 heterocycles. The normalized spacial score (nSPS) is 28.4. The fraction of sp³-hybridized carbons (Fsp3) is 0.692. The van der Waals surface area contributed by atoms with Crippen molar-refractivity contribution in [3.63, 3.8) is 0 Å². The van der Waals surface area contributed by atoms with E-state index in [0.29, 0.717) is 23.2 Å². The molecule has 0 aromatic carbocycles. The molecule has 5 heteroatoms. The highest BCUT2D eigenvalue weighted by molar-refractivity contribution is 5.98. The summed E-state index contributed by atoms with van der Waals surface area (Å²) < 4.78 is 1.54. The average Bonchev–Trinajstić information content (AvgIpc) is 2.64. The van der Waals surface area contributed by atoms with Gasteiger partial charge in [0.25, 0.3) is 5.91 Å². The van der Waals surface area contributed by atoms with E-state index in [1.807, 2.05) is 4.90 Å². The number of nitrogens with zero attached hydrogens (tertiary/aromatic N) is 3. The second-order valence-corrected chi connectivity index (χ2v) is 5.58. The zero-order valence-electron chi connectivity index (χ0n) is 11.6. The van der Waals surface area contributed by atoms with Gasteiger partial charge in [-0.25, -0.2) is 0 Å². The van der Waals surface area contributed by atoms with E-state index >= 15 is 0 Å². The second-order valence-electron chi connectivity index (χ2n) is 5.58. The van der Waals surface area contributed by atoms with E-state index in [1.165, 1.54) is 11.1 Å². The van der Waals surface area contributed by atoms with E-state index in [2.05, 4.69) is 25.9 Å². The SMILES string of the molecule is CC1CC(C)C(C)N(C(=O)c2cnn(C)c2N)C1. The zero-order valence-corrected chi connectivity index (χ0v) is 11.6. The quantitative estimate of drug-likeness (QED) is 0.821. The molecule has 1 aliphatic rings. The number of nitrogens with two attached hydrogens (primary N) is 1. The van der Waals surface area contributed by atoms with Crippen LogP contribution < -0.4 is 5.73 Å². The Hall–Kier alpha value is -1.52. The van der Waals surface area contributed by atoms with Crippen LogP contribution in [0.5, 0.6) is 0 Å². The summed E-state index contributed by atoms with van der Waals surface area (Å²) in [7, 11) is 1.75. The molecular formula is C13H22N4O. The van der Waals surface area contributed by atoms with Gasteiger partial charge in [0.2, 0.25) is 0 Å². The second kappa shape index (κ2) is 4.63. The Labute approximate surface area is 108 Å². The van der Waals surface area contributed by atoms with E-state index in [1.54, 1.807) is 13.2 Å². The first-order valence-electron chi connectivity index (χ1n) is 6.50. The topological polar surface area (TPSA) is 64.2 Å². The Morgan fingerprint density at radius 1 is 1.44 bits per heavy atom. The fourth-order valence-electron chi connectivity index (χ4n) is 2.75. The van der Waals surface area contributed by atoms with Gasteiger partial charge in [0.15, 0.2) is 0 Å². The number of carbonyl (C=O) groups excluding carboxylic acids is 1. The lowest BCUT2D eigenvalue weighted by molar-refractivity contribution is 0.0456. The molecule has 0 spiro atoms. The van der Waals surface area contributed by atoms with Gasteiger partial charge in [-0.1, -0.05) is 13.8 Å². The van der Waals surface area contributed by atoms with Crippen LogP contribution in [0.2, 0.25) is 0 Å². The molecule has 0 saturated carbocycles. The van der Waals surface area contributed by atoms with Crippen molar-refractivity contribution < 1.29 is 4.79 Å². The summed E-state index contributed by atoms with van der Waals surface area (Å²) >= 11 is 0. The van der Waals surface area contributed by atoms with Gasteiger partial charge in [-0.15, -0.1) is 0 Å². The van der Waals surface area contributed by atoms with Crippen molar-refractivity contribution in [1.82, 2.24) is 14.7 Å². The summed E-state index contributed by atoms with van der Waals surface area (Å²) in [5.74, 6) is 1.51. The summed E-state index contributed by atoms with van der Waals surface area (Å²) in [5.41, 5.74) is 6.40. The minimum absolute atomic E-state index is 0.00602. The standard InChI is InChI=1S/C13H22N4O/c1-8-5-9(2)10(3)17(7-8)13(18)11-6-15-16(4)12(11)14/h6,8-10H,5,7,14H2,1-4H3. The first kappa shape index (κ1) is 12.9. The smallest absolute Gasteiger partial charge is 0.259 e. The summed E-state index contributed by atoms with van der Waals surface area (Å²) in [6.45, 7) is 7.31. The Bertz CT molecular complexity index is 454. The van der Waals surface area contributed by atoms with Gasteiger partial charge in [-0.2, -0.15) is 5.10 Å². The molecule has 3 unspecified atom stereocenters. The third kappa shape index (κ3) is 2.09. The molecule has 0 aliphatic carbocycles. The Kier molecular flexibility index (Phi) is 3.32. The molecular weight excluding hydrogens is 228 g/mol. The third-order valence-electron chi connectivity index (χ3n) is 4.07. The first-order valence-corrected chi connectivity index (χ1v) is 6.50. The van der Waals surface area contributed by atoms with Gasteiger partial charge in [0.1, 0.15) is 11.4 Å². The van der Waals surface area contributed by atoms with Crippen molar-refractivity contribution in [2.24, 2.45) is 18.9 Å². The molecule has 0 bridgehead atoms. The third-order valence-corrected chi connectivity index (χ3v) is 4.07. The molecule has 1 amide bonds. The Morgan fingerprint density at radius 3 is 2.67 bits per heavy atom. The maximum absolute atomic E-state index is 12.5. The van der Waals surface area contributed by atoms with Crippen molar-refractivity contribution >= 4 is 11.7 Å². The van der Waals surface area contributed by atoms with Gasteiger partial charge in [0, 0.05) is 19.6 Å². The number of likely N-dealkylation sites (tertiary alicyclic amines) is 1. The maximum Gasteiger partial charge on any atom is 0.259 e. The fourth-order valence-corrected chi connectivity index (χ4v) is 2.75. The van der Waals surface area contributed by atoms with Gasteiger partial charge < -0.3 is 10.6 Å². The number of rotatable bonds is 1. The Morgan fingerprint density at radius 2 is 2.11 bits per heavy atom. The molecule has 1 aliphatic heterocycles. The molecule has 2 N–H and O–H groups in total. The van der Waals surface area contributed by atoms with E-state index < -0.39 is 0 Å². The molecule has 2 rings (SSSR count). The molecule has 18 heavy (non-hydrogen) atoms. The number of anilines is 1. The van der Waals surface area contributed by atoms with Gasteiger partial charge in [0.05, 0.1) is 6.20 Å². The number of piperidine rings is 1. The highest BCUT2D eigenvalue weighted by Gasteiger charge is 2.33. The molecule has 5 nitrogen and oxygen atoms in total. The van der Waals surface area contributed by atoms with Crippen molar-refractivity contribution in [1.29, 1.82) is 0 Å². The lowest BCUT2D eigenvalue weighted by Gasteiger charge is -2.41.